The summed E-state index contributed by atoms with van der Waals surface area (Å²) in [5, 5.41) is 0. The summed E-state index contributed by atoms with van der Waals surface area (Å²) in [7, 11) is 0. The lowest BCUT2D eigenvalue weighted by Crippen LogP contribution is -2.40. The molecule has 1 aliphatic heterocycles. The Kier molecular flexibility index (Phi) is 2.54. The highest BCUT2D eigenvalue weighted by Gasteiger charge is 2.43. The van der Waals surface area contributed by atoms with E-state index in [2.05, 4.69) is 22.1 Å². The number of allylic oxidation sites excluding steroid dienone is 2. The smallest absolute Gasteiger partial charge is 0.258 e. The van der Waals surface area contributed by atoms with Gasteiger partial charge in [-0.3, -0.25) is 9.78 Å². The Labute approximate surface area is 121 Å². The first-order valence-corrected chi connectivity index (χ1v) is 7.48. The predicted molar refractivity (Wildman–Crippen MR) is 78.6 cm³/mol. The van der Waals surface area contributed by atoms with E-state index in [9.17, 15) is 4.79 Å². The number of rotatable bonds is 0. The lowest BCUT2D eigenvalue weighted by atomic mass is 9.88. The van der Waals surface area contributed by atoms with Crippen molar-refractivity contribution in [3.63, 3.8) is 0 Å². The minimum absolute atomic E-state index is 0.116. The largest absolute Gasteiger partial charge is 0.471 e. The molecule has 4 nitrogen and oxygen atoms in total. The first-order chi connectivity index (χ1) is 9.65. The van der Waals surface area contributed by atoms with E-state index in [4.69, 9.17) is 17.0 Å². The third kappa shape index (κ3) is 1.80. The van der Waals surface area contributed by atoms with E-state index in [0.29, 0.717) is 16.2 Å². The highest BCUT2D eigenvalue weighted by molar-refractivity contribution is 7.71. The van der Waals surface area contributed by atoms with Crippen molar-refractivity contribution in [2.75, 3.05) is 0 Å². The molecule has 0 fully saturated rings. The van der Waals surface area contributed by atoms with Crippen molar-refractivity contribution >= 4 is 12.2 Å². The topological polar surface area (TPSA) is 57.9 Å². The zero-order valence-corrected chi connectivity index (χ0v) is 11.9. The molecule has 0 amide bonds. The Hall–Kier alpha value is -1.62. The van der Waals surface area contributed by atoms with Crippen LogP contribution in [0, 0.1) is 4.77 Å². The van der Waals surface area contributed by atoms with Crippen LogP contribution in [0.25, 0.3) is 0 Å². The van der Waals surface area contributed by atoms with E-state index in [-0.39, 0.29) is 11.2 Å². The van der Waals surface area contributed by atoms with Crippen LogP contribution < -0.4 is 10.3 Å². The lowest BCUT2D eigenvalue weighted by Gasteiger charge is -2.35. The molecule has 1 aromatic heterocycles. The molecule has 2 heterocycles. The molecular weight excluding hydrogens is 272 g/mol. The molecule has 0 saturated heterocycles. The maximum absolute atomic E-state index is 11.9. The van der Waals surface area contributed by atoms with Crippen molar-refractivity contribution in [2.45, 2.75) is 44.1 Å². The third-order valence-electron chi connectivity index (χ3n) is 4.59. The quantitative estimate of drug-likeness (QED) is 0.722. The molecule has 0 radical (unpaired) electrons. The molecule has 5 heteroatoms. The van der Waals surface area contributed by atoms with Crippen LogP contribution in [-0.2, 0) is 6.42 Å². The van der Waals surface area contributed by atoms with Crippen LogP contribution in [0.15, 0.2) is 28.1 Å². The lowest BCUT2D eigenvalue weighted by molar-refractivity contribution is 0.0497. The summed E-state index contributed by atoms with van der Waals surface area (Å²) >= 11 is 5.04. The Morgan fingerprint density at radius 2 is 2.15 bits per heavy atom. The molecule has 1 unspecified atom stereocenters. The molecule has 0 aromatic carbocycles. The second-order valence-corrected chi connectivity index (χ2v) is 6.33. The van der Waals surface area contributed by atoms with E-state index < -0.39 is 0 Å². The Morgan fingerprint density at radius 1 is 1.25 bits per heavy atom. The molecule has 0 saturated carbocycles. The summed E-state index contributed by atoms with van der Waals surface area (Å²) in [6, 6.07) is 0. The second kappa shape index (κ2) is 4.19. The van der Waals surface area contributed by atoms with Crippen LogP contribution in [-0.4, -0.2) is 15.6 Å². The number of aromatic nitrogens is 2. The molecule has 104 valence electrons. The fraction of sp³-hybridized carbons (Fsp3) is 0.467. The number of hydrogen-bond acceptors (Lipinski definition) is 3. The first-order valence-electron chi connectivity index (χ1n) is 7.07. The second-order valence-electron chi connectivity index (χ2n) is 5.92. The van der Waals surface area contributed by atoms with E-state index in [1.54, 1.807) is 0 Å². The van der Waals surface area contributed by atoms with Gasteiger partial charge in [0, 0.05) is 12.8 Å². The fourth-order valence-electron chi connectivity index (χ4n) is 3.62. The summed E-state index contributed by atoms with van der Waals surface area (Å²) < 4.78 is 6.55. The van der Waals surface area contributed by atoms with Crippen molar-refractivity contribution < 1.29 is 4.74 Å². The number of ether oxygens (including phenoxy) is 1. The Balaban J connectivity index is 1.70. The van der Waals surface area contributed by atoms with Gasteiger partial charge in [-0.05, 0) is 43.5 Å². The average Bonchev–Trinajstić information content (AvgIpc) is 2.75. The van der Waals surface area contributed by atoms with Gasteiger partial charge in [-0.15, -0.1) is 0 Å². The zero-order valence-electron chi connectivity index (χ0n) is 11.1. The monoisotopic (exact) mass is 288 g/mol. The molecule has 0 bridgehead atoms. The third-order valence-corrected chi connectivity index (χ3v) is 4.79. The molecule has 20 heavy (non-hydrogen) atoms. The van der Waals surface area contributed by atoms with Gasteiger partial charge in [-0.2, -0.15) is 0 Å². The van der Waals surface area contributed by atoms with E-state index in [0.717, 1.165) is 38.5 Å². The van der Waals surface area contributed by atoms with Crippen molar-refractivity contribution in [2.24, 2.45) is 0 Å². The van der Waals surface area contributed by atoms with Gasteiger partial charge in [0.15, 0.2) is 4.77 Å². The standard InChI is InChI=1S/C15H16N2O2S/c18-12-11-5-6-15(19-13(11)17-14(20)16-12)7-9-3-1-2-4-10(9)8-15/h1,3H,2,4-8H2,(H2,16,17,18,20). The van der Waals surface area contributed by atoms with Crippen molar-refractivity contribution in [3.05, 3.63) is 44.0 Å². The van der Waals surface area contributed by atoms with Gasteiger partial charge in [0.25, 0.3) is 5.56 Å². The van der Waals surface area contributed by atoms with Gasteiger partial charge in [-0.25, -0.2) is 0 Å². The molecule has 2 N–H and O–H groups in total. The molecule has 1 atom stereocenters. The normalized spacial score (nSPS) is 27.4. The minimum Gasteiger partial charge on any atom is -0.471 e. The number of aromatic amines is 2. The zero-order chi connectivity index (χ0) is 13.7. The predicted octanol–water partition coefficient (Wildman–Crippen LogP) is 2.94. The summed E-state index contributed by atoms with van der Waals surface area (Å²) in [5.41, 5.74) is 3.37. The van der Waals surface area contributed by atoms with Crippen molar-refractivity contribution in [1.82, 2.24) is 9.97 Å². The summed E-state index contributed by atoms with van der Waals surface area (Å²) in [6.07, 6.45) is 10.4. The summed E-state index contributed by atoms with van der Waals surface area (Å²) in [6.45, 7) is 0. The highest BCUT2D eigenvalue weighted by atomic mass is 32.1. The van der Waals surface area contributed by atoms with E-state index in [1.807, 2.05) is 0 Å². The molecular formula is C15H16N2O2S. The molecule has 3 aliphatic rings. The maximum Gasteiger partial charge on any atom is 0.258 e. The van der Waals surface area contributed by atoms with Gasteiger partial charge in [0.05, 0.1) is 5.56 Å². The molecule has 1 aromatic rings. The molecule has 2 aliphatic carbocycles. The Bertz CT molecular complexity index is 756. The van der Waals surface area contributed by atoms with Gasteiger partial charge in [-0.1, -0.05) is 17.7 Å². The number of nitrogens with one attached hydrogen (secondary N) is 2. The SMILES string of the molecule is O=c1[nH]c(=S)[nH]c2c1CCC1(CC3=C(CCC=C3)C1)O2. The minimum atomic E-state index is -0.168. The van der Waals surface area contributed by atoms with Crippen LogP contribution in [0.5, 0.6) is 5.88 Å². The van der Waals surface area contributed by atoms with Crippen LogP contribution in [0.2, 0.25) is 0 Å². The van der Waals surface area contributed by atoms with Gasteiger partial charge >= 0.3 is 0 Å². The number of H-pyrrole nitrogens is 2. The van der Waals surface area contributed by atoms with Gasteiger partial charge < -0.3 is 9.72 Å². The Morgan fingerprint density at radius 3 is 3.00 bits per heavy atom. The van der Waals surface area contributed by atoms with Crippen LogP contribution in [0.3, 0.4) is 0 Å². The molecule has 4 rings (SSSR count). The van der Waals surface area contributed by atoms with E-state index in [1.165, 1.54) is 11.1 Å². The van der Waals surface area contributed by atoms with Crippen LogP contribution >= 0.6 is 12.2 Å². The van der Waals surface area contributed by atoms with E-state index >= 15 is 0 Å². The first kappa shape index (κ1) is 12.1. The van der Waals surface area contributed by atoms with Crippen molar-refractivity contribution in [1.29, 1.82) is 0 Å². The highest BCUT2D eigenvalue weighted by Crippen LogP contribution is 2.46. The van der Waals surface area contributed by atoms with Gasteiger partial charge in [0.2, 0.25) is 5.88 Å². The maximum atomic E-state index is 11.9. The summed E-state index contributed by atoms with van der Waals surface area (Å²) in [4.78, 5) is 17.5. The van der Waals surface area contributed by atoms with Crippen LogP contribution in [0.1, 0.15) is 37.7 Å². The summed E-state index contributed by atoms with van der Waals surface area (Å²) in [5.74, 6) is 0.578. The van der Waals surface area contributed by atoms with Crippen molar-refractivity contribution in [3.8, 4) is 5.88 Å². The molecule has 1 spiro atoms. The fourth-order valence-corrected chi connectivity index (χ4v) is 3.81. The average molecular weight is 288 g/mol. The van der Waals surface area contributed by atoms with Crippen LogP contribution in [0.4, 0.5) is 0 Å². The van der Waals surface area contributed by atoms with Gasteiger partial charge in [0.1, 0.15) is 5.60 Å². The number of fused-ring (bicyclic) bond motifs is 1. The number of hydrogen-bond donors (Lipinski definition) is 2.